The molecule has 0 radical (unpaired) electrons. The molecule has 0 aromatic heterocycles. The third-order valence-electron chi connectivity index (χ3n) is 1.98. The van der Waals surface area contributed by atoms with Gasteiger partial charge in [0.05, 0.1) is 7.11 Å². The summed E-state index contributed by atoms with van der Waals surface area (Å²) in [4.78, 5) is 10.6. The van der Waals surface area contributed by atoms with Crippen LogP contribution in [0.1, 0.15) is 22.3 Å². The first-order valence-corrected chi connectivity index (χ1v) is 5.35. The summed E-state index contributed by atoms with van der Waals surface area (Å²) in [6, 6.07) is 5.34. The molecule has 1 aromatic rings. The smallest absolute Gasteiger partial charge is 0.150 e. The highest BCUT2D eigenvalue weighted by Crippen LogP contribution is 2.20. The van der Waals surface area contributed by atoms with Crippen molar-refractivity contribution in [2.75, 3.05) is 12.9 Å². The summed E-state index contributed by atoms with van der Waals surface area (Å²) in [7, 11) is 1.62. The molecule has 0 aliphatic rings. The van der Waals surface area contributed by atoms with Gasteiger partial charge in [-0.05, 0) is 30.4 Å². The van der Waals surface area contributed by atoms with E-state index in [9.17, 15) is 4.79 Å². The molecular weight excluding hydrogens is 208 g/mol. The van der Waals surface area contributed by atoms with Gasteiger partial charge in [0.25, 0.3) is 0 Å². The Labute approximate surface area is 95.4 Å². The van der Waals surface area contributed by atoms with Crippen molar-refractivity contribution in [3.8, 4) is 5.75 Å². The molecule has 0 saturated carbocycles. The van der Waals surface area contributed by atoms with Gasteiger partial charge in [0, 0.05) is 11.1 Å². The van der Waals surface area contributed by atoms with E-state index >= 15 is 0 Å². The average Bonchev–Trinajstić information content (AvgIpc) is 2.29. The van der Waals surface area contributed by atoms with Crippen LogP contribution in [0.3, 0.4) is 0 Å². The fraction of sp³-hybridized carbons (Fsp3) is 0.250. The van der Waals surface area contributed by atoms with E-state index in [0.717, 1.165) is 29.8 Å². The van der Waals surface area contributed by atoms with Gasteiger partial charge >= 0.3 is 0 Å². The van der Waals surface area contributed by atoms with Gasteiger partial charge in [0.15, 0.2) is 0 Å². The first-order chi connectivity index (χ1) is 7.31. The molecule has 2 nitrogen and oxygen atoms in total. The Morgan fingerprint density at radius 3 is 2.87 bits per heavy atom. The van der Waals surface area contributed by atoms with E-state index < -0.39 is 0 Å². The van der Waals surface area contributed by atoms with E-state index in [1.54, 1.807) is 25.3 Å². The second-order valence-electron chi connectivity index (χ2n) is 3.03. The molecule has 0 aliphatic carbocycles. The molecule has 0 aliphatic heterocycles. The third-order valence-corrected chi connectivity index (χ3v) is 2.24. The van der Waals surface area contributed by atoms with Crippen LogP contribution in [0.4, 0.5) is 0 Å². The average molecular weight is 222 g/mol. The lowest BCUT2D eigenvalue weighted by atomic mass is 10.1. The predicted octanol–water partition coefficient (Wildman–Crippen LogP) is 2.84. The van der Waals surface area contributed by atoms with Crippen LogP contribution in [0.5, 0.6) is 5.75 Å². The molecule has 15 heavy (non-hydrogen) atoms. The molecule has 0 atom stereocenters. The summed E-state index contributed by atoms with van der Waals surface area (Å²) in [6.07, 6.45) is 5.69. The van der Waals surface area contributed by atoms with Gasteiger partial charge in [0.2, 0.25) is 0 Å². The number of methoxy groups -OCH3 is 1. The summed E-state index contributed by atoms with van der Waals surface area (Å²) in [5.74, 6) is 1.59. The van der Waals surface area contributed by atoms with Crippen molar-refractivity contribution in [1.29, 1.82) is 0 Å². The van der Waals surface area contributed by atoms with E-state index in [1.165, 1.54) is 0 Å². The van der Waals surface area contributed by atoms with Crippen LogP contribution in [-0.2, 0) is 0 Å². The highest BCUT2D eigenvalue weighted by Gasteiger charge is 2.00. The van der Waals surface area contributed by atoms with E-state index in [4.69, 9.17) is 4.74 Å². The Morgan fingerprint density at radius 2 is 2.27 bits per heavy atom. The summed E-state index contributed by atoms with van der Waals surface area (Å²) in [6.45, 7) is 0. The minimum atomic E-state index is 0.654. The molecular formula is C12H14O2S. The summed E-state index contributed by atoms with van der Waals surface area (Å²) >= 11 is 4.12. The summed E-state index contributed by atoms with van der Waals surface area (Å²) in [5.41, 5.74) is 1.57. The van der Waals surface area contributed by atoms with Gasteiger partial charge in [-0.3, -0.25) is 4.79 Å². The fourth-order valence-electron chi connectivity index (χ4n) is 1.24. The van der Waals surface area contributed by atoms with Gasteiger partial charge in [-0.2, -0.15) is 12.6 Å². The minimum Gasteiger partial charge on any atom is -0.496 e. The van der Waals surface area contributed by atoms with Crippen LogP contribution in [0.15, 0.2) is 24.3 Å². The number of ether oxygens (including phenoxy) is 1. The zero-order valence-electron chi connectivity index (χ0n) is 8.64. The maximum atomic E-state index is 10.6. The Kier molecular flexibility index (Phi) is 4.98. The molecule has 0 saturated heterocycles. The van der Waals surface area contributed by atoms with Gasteiger partial charge < -0.3 is 4.74 Å². The van der Waals surface area contributed by atoms with E-state index in [1.807, 2.05) is 12.2 Å². The van der Waals surface area contributed by atoms with Crippen LogP contribution in [-0.4, -0.2) is 19.1 Å². The molecule has 1 aromatic carbocycles. The highest BCUT2D eigenvalue weighted by atomic mass is 32.1. The SMILES string of the molecule is COc1ccc(C=O)cc1C=CCCS. The lowest BCUT2D eigenvalue weighted by Crippen LogP contribution is -1.89. The monoisotopic (exact) mass is 222 g/mol. The molecule has 80 valence electrons. The number of aldehydes is 1. The third kappa shape index (κ3) is 3.44. The topological polar surface area (TPSA) is 26.3 Å². The second-order valence-corrected chi connectivity index (χ2v) is 3.48. The summed E-state index contributed by atoms with van der Waals surface area (Å²) in [5, 5.41) is 0. The number of benzene rings is 1. The maximum absolute atomic E-state index is 10.6. The van der Waals surface area contributed by atoms with E-state index in [2.05, 4.69) is 12.6 Å². The van der Waals surface area contributed by atoms with Gasteiger partial charge in [-0.25, -0.2) is 0 Å². The van der Waals surface area contributed by atoms with Crippen molar-refractivity contribution in [3.63, 3.8) is 0 Å². The van der Waals surface area contributed by atoms with Crippen molar-refractivity contribution >= 4 is 25.0 Å². The standard InChI is InChI=1S/C12H14O2S/c1-14-12-6-5-10(9-13)8-11(12)4-2-3-7-15/h2,4-6,8-9,15H,3,7H2,1H3. The number of thiol groups is 1. The number of hydrogen-bond acceptors (Lipinski definition) is 3. The van der Waals surface area contributed by atoms with Crippen LogP contribution in [0.25, 0.3) is 6.08 Å². The zero-order chi connectivity index (χ0) is 11.1. The number of carbonyl (C=O) groups excluding carboxylic acids is 1. The first-order valence-electron chi connectivity index (χ1n) is 4.72. The van der Waals surface area contributed by atoms with Crippen molar-refractivity contribution < 1.29 is 9.53 Å². The number of allylic oxidation sites excluding steroid dienone is 1. The normalized spacial score (nSPS) is 10.5. The van der Waals surface area contributed by atoms with Gasteiger partial charge in [-0.1, -0.05) is 12.2 Å². The molecule has 0 spiro atoms. The fourth-order valence-corrected chi connectivity index (χ4v) is 1.39. The molecule has 0 fully saturated rings. The molecule has 1 rings (SSSR count). The molecule has 0 unspecified atom stereocenters. The number of rotatable bonds is 5. The molecule has 0 heterocycles. The maximum Gasteiger partial charge on any atom is 0.150 e. The zero-order valence-corrected chi connectivity index (χ0v) is 9.54. The Balaban J connectivity index is 2.95. The van der Waals surface area contributed by atoms with Crippen LogP contribution < -0.4 is 4.74 Å². The van der Waals surface area contributed by atoms with Crippen LogP contribution >= 0.6 is 12.6 Å². The minimum absolute atomic E-state index is 0.654. The highest BCUT2D eigenvalue weighted by molar-refractivity contribution is 7.80. The first kappa shape index (κ1) is 11.9. The molecule has 0 bridgehead atoms. The van der Waals surface area contributed by atoms with Crippen molar-refractivity contribution in [2.24, 2.45) is 0 Å². The quantitative estimate of drug-likeness (QED) is 0.612. The van der Waals surface area contributed by atoms with Gasteiger partial charge in [0.1, 0.15) is 12.0 Å². The Bertz CT molecular complexity index is 359. The van der Waals surface area contributed by atoms with Crippen LogP contribution in [0.2, 0.25) is 0 Å². The predicted molar refractivity (Wildman–Crippen MR) is 65.9 cm³/mol. The molecule has 0 N–H and O–H groups in total. The lowest BCUT2D eigenvalue weighted by molar-refractivity contribution is 0.112. The summed E-state index contributed by atoms with van der Waals surface area (Å²) < 4.78 is 5.19. The van der Waals surface area contributed by atoms with Crippen molar-refractivity contribution in [1.82, 2.24) is 0 Å². The van der Waals surface area contributed by atoms with Crippen molar-refractivity contribution in [2.45, 2.75) is 6.42 Å². The molecule has 0 amide bonds. The lowest BCUT2D eigenvalue weighted by Gasteiger charge is -2.04. The molecule has 3 heteroatoms. The Hall–Kier alpha value is -1.22. The Morgan fingerprint density at radius 1 is 1.47 bits per heavy atom. The number of carbonyl (C=O) groups is 1. The van der Waals surface area contributed by atoms with Crippen LogP contribution in [0, 0.1) is 0 Å². The number of hydrogen-bond donors (Lipinski definition) is 1. The van der Waals surface area contributed by atoms with E-state index in [0.29, 0.717) is 5.56 Å². The van der Waals surface area contributed by atoms with E-state index in [-0.39, 0.29) is 0 Å². The largest absolute Gasteiger partial charge is 0.496 e. The van der Waals surface area contributed by atoms with Gasteiger partial charge in [-0.15, -0.1) is 0 Å². The second kappa shape index (κ2) is 6.30. The van der Waals surface area contributed by atoms with Crippen molar-refractivity contribution in [3.05, 3.63) is 35.4 Å².